The first kappa shape index (κ1) is 27.1. The average molecular weight is 554 g/mol. The first-order valence-electron chi connectivity index (χ1n) is 10.4. The van der Waals surface area contributed by atoms with Crippen molar-refractivity contribution in [1.82, 2.24) is 10.7 Å². The lowest BCUT2D eigenvalue weighted by molar-refractivity contribution is -0.124. The Morgan fingerprint density at radius 1 is 1.18 bits per heavy atom. The monoisotopic (exact) mass is 552 g/mol. The number of halogens is 2. The molecule has 11 heteroatoms. The molecule has 0 aliphatic rings. The molecule has 2 aromatic rings. The summed E-state index contributed by atoms with van der Waals surface area (Å²) in [6.45, 7) is 5.48. The Bertz CT molecular complexity index is 1060. The second-order valence-electron chi connectivity index (χ2n) is 7.45. The van der Waals surface area contributed by atoms with Crippen LogP contribution in [0.15, 0.2) is 46.0 Å². The number of amides is 3. The molecular formula is C23H26BrClN4O5. The Morgan fingerprint density at radius 3 is 2.44 bits per heavy atom. The molecule has 0 saturated heterocycles. The average Bonchev–Trinajstić information content (AvgIpc) is 2.77. The maximum absolute atomic E-state index is 12.7. The lowest BCUT2D eigenvalue weighted by atomic mass is 10.0. The number of carbonyl (C=O) groups is 3. The number of benzene rings is 2. The van der Waals surface area contributed by atoms with Gasteiger partial charge in [-0.15, -0.1) is 0 Å². The maximum atomic E-state index is 12.7. The number of carbonyl (C=O) groups excluding carboxylic acids is 3. The Kier molecular flexibility index (Phi) is 10.3. The molecule has 9 nitrogen and oxygen atoms in total. The van der Waals surface area contributed by atoms with Crippen LogP contribution in [-0.4, -0.2) is 43.2 Å². The molecule has 182 valence electrons. The van der Waals surface area contributed by atoms with E-state index in [0.29, 0.717) is 38.7 Å². The van der Waals surface area contributed by atoms with E-state index < -0.39 is 23.8 Å². The highest BCUT2D eigenvalue weighted by Gasteiger charge is 2.24. The summed E-state index contributed by atoms with van der Waals surface area (Å²) in [7, 11) is 0. The lowest BCUT2D eigenvalue weighted by Crippen LogP contribution is -2.48. The van der Waals surface area contributed by atoms with E-state index in [2.05, 4.69) is 31.8 Å². The first-order valence-corrected chi connectivity index (χ1v) is 11.6. The van der Waals surface area contributed by atoms with Crippen LogP contribution in [0.1, 0.15) is 36.7 Å². The van der Waals surface area contributed by atoms with Crippen LogP contribution in [-0.2, 0) is 9.59 Å². The molecular weight excluding hydrogens is 528 g/mol. The van der Waals surface area contributed by atoms with Gasteiger partial charge in [0.15, 0.2) is 18.1 Å². The molecule has 0 spiro atoms. The van der Waals surface area contributed by atoms with E-state index >= 15 is 0 Å². The van der Waals surface area contributed by atoms with Crippen molar-refractivity contribution < 1.29 is 23.9 Å². The van der Waals surface area contributed by atoms with Gasteiger partial charge < -0.3 is 20.5 Å². The van der Waals surface area contributed by atoms with Crippen LogP contribution >= 0.6 is 27.5 Å². The summed E-state index contributed by atoms with van der Waals surface area (Å²) in [6.07, 6.45) is 1.42. The van der Waals surface area contributed by atoms with Crippen molar-refractivity contribution in [2.75, 3.05) is 13.2 Å². The SMILES string of the molecule is CCOc1cc(C=NNC(=O)C(NC(=O)c2ccc(Cl)cc2)C(C)C)cc(Br)c1OCC(N)=O. The number of nitrogens with zero attached hydrogens (tertiary/aromatic N) is 1. The van der Waals surface area contributed by atoms with Gasteiger partial charge in [-0.25, -0.2) is 5.43 Å². The first-order chi connectivity index (χ1) is 16.1. The van der Waals surface area contributed by atoms with Crippen LogP contribution in [0.4, 0.5) is 0 Å². The summed E-state index contributed by atoms with van der Waals surface area (Å²) in [5, 5.41) is 7.22. The number of hydrogen-bond donors (Lipinski definition) is 3. The van der Waals surface area contributed by atoms with E-state index in [1.807, 2.05) is 13.8 Å². The van der Waals surface area contributed by atoms with E-state index in [9.17, 15) is 14.4 Å². The van der Waals surface area contributed by atoms with Gasteiger partial charge in [0, 0.05) is 10.6 Å². The number of nitrogens with two attached hydrogens (primary N) is 1. The van der Waals surface area contributed by atoms with Gasteiger partial charge in [-0.1, -0.05) is 25.4 Å². The molecule has 0 heterocycles. The predicted octanol–water partition coefficient (Wildman–Crippen LogP) is 3.27. The summed E-state index contributed by atoms with van der Waals surface area (Å²) < 4.78 is 11.5. The lowest BCUT2D eigenvalue weighted by Gasteiger charge is -2.20. The van der Waals surface area contributed by atoms with Crippen molar-refractivity contribution >= 4 is 51.5 Å². The molecule has 4 N–H and O–H groups in total. The summed E-state index contributed by atoms with van der Waals surface area (Å²) in [5.41, 5.74) is 8.57. The smallest absolute Gasteiger partial charge is 0.262 e. The number of nitrogens with one attached hydrogen (secondary N) is 2. The predicted molar refractivity (Wildman–Crippen MR) is 133 cm³/mol. The highest BCUT2D eigenvalue weighted by molar-refractivity contribution is 9.10. The highest BCUT2D eigenvalue weighted by Crippen LogP contribution is 2.36. The second kappa shape index (κ2) is 13.0. The fraction of sp³-hybridized carbons (Fsp3) is 0.304. The third-order valence-corrected chi connectivity index (χ3v) is 5.26. The largest absolute Gasteiger partial charge is 0.490 e. The second-order valence-corrected chi connectivity index (χ2v) is 8.75. The molecule has 0 fully saturated rings. The van der Waals surface area contributed by atoms with E-state index in [4.69, 9.17) is 26.8 Å². The van der Waals surface area contributed by atoms with Gasteiger partial charge in [0.05, 0.1) is 17.3 Å². The number of ether oxygens (including phenoxy) is 2. The summed E-state index contributed by atoms with van der Waals surface area (Å²) in [5.74, 6) is -0.976. The molecule has 34 heavy (non-hydrogen) atoms. The Morgan fingerprint density at radius 2 is 1.85 bits per heavy atom. The molecule has 3 amide bonds. The van der Waals surface area contributed by atoms with E-state index in [1.54, 1.807) is 43.3 Å². The van der Waals surface area contributed by atoms with Gasteiger partial charge >= 0.3 is 0 Å². The molecule has 0 saturated carbocycles. The van der Waals surface area contributed by atoms with Crippen molar-refractivity contribution in [2.24, 2.45) is 16.8 Å². The third-order valence-electron chi connectivity index (χ3n) is 4.42. The highest BCUT2D eigenvalue weighted by atomic mass is 79.9. The quantitative estimate of drug-likeness (QED) is 0.290. The van der Waals surface area contributed by atoms with E-state index in [-0.39, 0.29) is 12.5 Å². The van der Waals surface area contributed by atoms with Gasteiger partial charge in [-0.3, -0.25) is 14.4 Å². The van der Waals surface area contributed by atoms with Crippen LogP contribution in [0.25, 0.3) is 0 Å². The zero-order valence-corrected chi connectivity index (χ0v) is 21.3. The van der Waals surface area contributed by atoms with Crippen LogP contribution in [0.3, 0.4) is 0 Å². The van der Waals surface area contributed by atoms with Crippen molar-refractivity contribution in [3.63, 3.8) is 0 Å². The Labute approximate surface area is 211 Å². The standard InChI is InChI=1S/C23H26BrClN4O5/c1-4-33-18-10-14(9-17(24)21(18)34-12-19(26)30)11-27-29-23(32)20(13(2)3)28-22(31)15-5-7-16(25)8-6-15/h5-11,13,20H,4,12H2,1-3H3,(H2,26,30)(H,28,31)(H,29,32). The minimum atomic E-state index is -0.810. The zero-order valence-electron chi connectivity index (χ0n) is 18.9. The minimum Gasteiger partial charge on any atom is -0.490 e. The number of hydrazone groups is 1. The number of hydrogen-bond acceptors (Lipinski definition) is 6. The molecule has 1 unspecified atom stereocenters. The van der Waals surface area contributed by atoms with Gasteiger partial charge in [0.1, 0.15) is 6.04 Å². The fourth-order valence-corrected chi connectivity index (χ4v) is 3.51. The van der Waals surface area contributed by atoms with Crippen molar-refractivity contribution in [1.29, 1.82) is 0 Å². The molecule has 0 aliphatic heterocycles. The topological polar surface area (TPSA) is 132 Å². The third kappa shape index (κ3) is 8.03. The summed E-state index contributed by atoms with van der Waals surface area (Å²) >= 11 is 9.23. The summed E-state index contributed by atoms with van der Waals surface area (Å²) in [4.78, 5) is 36.2. The van der Waals surface area contributed by atoms with Crippen LogP contribution in [0, 0.1) is 5.92 Å². The Balaban J connectivity index is 2.10. The van der Waals surface area contributed by atoms with Gasteiger partial charge in [0.2, 0.25) is 0 Å². The molecule has 1 atom stereocenters. The molecule has 2 rings (SSSR count). The molecule has 0 aliphatic carbocycles. The van der Waals surface area contributed by atoms with Crippen LogP contribution in [0.2, 0.25) is 5.02 Å². The van der Waals surface area contributed by atoms with Crippen molar-refractivity contribution in [3.05, 3.63) is 57.0 Å². The van der Waals surface area contributed by atoms with Crippen LogP contribution < -0.4 is 25.9 Å². The normalized spacial score (nSPS) is 11.8. The van der Waals surface area contributed by atoms with E-state index in [1.165, 1.54) is 6.21 Å². The fourth-order valence-electron chi connectivity index (χ4n) is 2.81. The molecule has 0 radical (unpaired) electrons. The Hall–Kier alpha value is -3.11. The van der Waals surface area contributed by atoms with Crippen molar-refractivity contribution in [2.45, 2.75) is 26.8 Å². The van der Waals surface area contributed by atoms with E-state index in [0.717, 1.165) is 0 Å². The van der Waals surface area contributed by atoms with Gasteiger partial charge in [-0.05, 0) is 70.7 Å². The molecule has 2 aromatic carbocycles. The van der Waals surface area contributed by atoms with Gasteiger partial charge in [0.25, 0.3) is 17.7 Å². The number of primary amides is 1. The van der Waals surface area contributed by atoms with Gasteiger partial charge in [-0.2, -0.15) is 5.10 Å². The molecule has 0 aromatic heterocycles. The van der Waals surface area contributed by atoms with Crippen molar-refractivity contribution in [3.8, 4) is 11.5 Å². The summed E-state index contributed by atoms with van der Waals surface area (Å²) in [6, 6.07) is 8.87. The maximum Gasteiger partial charge on any atom is 0.262 e. The zero-order chi connectivity index (χ0) is 25.3. The number of rotatable bonds is 11. The minimum absolute atomic E-state index is 0.188. The van der Waals surface area contributed by atoms with Crippen LogP contribution in [0.5, 0.6) is 11.5 Å². The molecule has 0 bridgehead atoms.